The van der Waals surface area contributed by atoms with Gasteiger partial charge in [-0.15, -0.1) is 11.3 Å². The molecule has 1 aromatic heterocycles. The molecule has 1 aliphatic carbocycles. The maximum absolute atomic E-state index is 13.2. The number of hydrogen-bond donors (Lipinski definition) is 2. The van der Waals surface area contributed by atoms with Crippen molar-refractivity contribution in [2.75, 3.05) is 6.54 Å². The quantitative estimate of drug-likeness (QED) is 0.298. The Balaban J connectivity index is 1.45. The van der Waals surface area contributed by atoms with Crippen molar-refractivity contribution in [2.45, 2.75) is 44.1 Å². The van der Waals surface area contributed by atoms with Gasteiger partial charge in [0.1, 0.15) is 6.54 Å². The predicted molar refractivity (Wildman–Crippen MR) is 134 cm³/mol. The molecule has 0 spiro atoms. The number of alkyl halides is 6. The molecule has 1 saturated carbocycles. The van der Waals surface area contributed by atoms with Crippen LogP contribution in [0.3, 0.4) is 0 Å². The number of carbonyl (C=O) groups is 4. The summed E-state index contributed by atoms with van der Waals surface area (Å²) in [6.45, 7) is -0.555. The molecular weight excluding hydrogens is 586 g/mol. The number of nitrogens with zero attached hydrogens (tertiary/aromatic N) is 1. The van der Waals surface area contributed by atoms with E-state index in [1.165, 1.54) is 17.5 Å². The first-order valence-electron chi connectivity index (χ1n) is 11.8. The van der Waals surface area contributed by atoms with Crippen LogP contribution in [0.15, 0.2) is 34.6 Å². The second kappa shape index (κ2) is 11.3. The average Bonchev–Trinajstić information content (AvgIpc) is 3.43. The molecule has 0 unspecified atom stereocenters. The summed E-state index contributed by atoms with van der Waals surface area (Å²) in [5.74, 6) is -2.73. The Labute approximate surface area is 231 Å². The lowest BCUT2D eigenvalue weighted by atomic mass is 9.86. The number of thiophene rings is 1. The molecule has 4 rings (SSSR count). The Hall–Kier alpha value is -3.33. The predicted octanol–water partition coefficient (Wildman–Crippen LogP) is 6.25. The van der Waals surface area contributed by atoms with Gasteiger partial charge < -0.3 is 10.4 Å². The highest BCUT2D eigenvalue weighted by Gasteiger charge is 2.38. The minimum atomic E-state index is -5.00. The van der Waals surface area contributed by atoms with Crippen molar-refractivity contribution >= 4 is 52.2 Å². The van der Waals surface area contributed by atoms with Gasteiger partial charge in [0.25, 0.3) is 11.1 Å². The van der Waals surface area contributed by atoms with Crippen LogP contribution in [0.5, 0.6) is 0 Å². The number of carboxylic acid groups (broad SMARTS) is 1. The van der Waals surface area contributed by atoms with Gasteiger partial charge >= 0.3 is 18.3 Å². The largest absolute Gasteiger partial charge is 0.481 e. The summed E-state index contributed by atoms with van der Waals surface area (Å²) in [5, 5.41) is 12.4. The molecule has 214 valence electrons. The summed E-state index contributed by atoms with van der Waals surface area (Å²) in [6.07, 6.45) is -7.04. The van der Waals surface area contributed by atoms with E-state index in [4.69, 9.17) is 5.11 Å². The molecular formula is C25H20F6N2O5S2. The molecule has 7 nitrogen and oxygen atoms in total. The van der Waals surface area contributed by atoms with Gasteiger partial charge in [-0.2, -0.15) is 26.3 Å². The van der Waals surface area contributed by atoms with E-state index < -0.39 is 59.0 Å². The second-order valence-corrected chi connectivity index (χ2v) is 11.2. The van der Waals surface area contributed by atoms with Crippen LogP contribution in [0, 0.1) is 5.92 Å². The van der Waals surface area contributed by atoms with Gasteiger partial charge in [-0.3, -0.25) is 24.1 Å². The number of carboxylic acids is 1. The number of nitrogens with one attached hydrogen (secondary N) is 1. The lowest BCUT2D eigenvalue weighted by Gasteiger charge is -2.27. The van der Waals surface area contributed by atoms with E-state index in [0.29, 0.717) is 54.5 Å². The fourth-order valence-electron chi connectivity index (χ4n) is 4.37. The third-order valence-corrected chi connectivity index (χ3v) is 8.22. The van der Waals surface area contributed by atoms with Crippen LogP contribution in [0.1, 0.15) is 41.7 Å². The Morgan fingerprint density at radius 1 is 0.950 bits per heavy atom. The zero-order chi connectivity index (χ0) is 29.4. The summed E-state index contributed by atoms with van der Waals surface area (Å²) in [4.78, 5) is 49.6. The topological polar surface area (TPSA) is 104 Å². The maximum Gasteiger partial charge on any atom is 0.416 e. The zero-order valence-electron chi connectivity index (χ0n) is 20.3. The molecule has 2 aliphatic rings. The number of rotatable bonds is 6. The van der Waals surface area contributed by atoms with Crippen LogP contribution in [0.4, 0.5) is 31.1 Å². The Morgan fingerprint density at radius 2 is 1.55 bits per heavy atom. The van der Waals surface area contributed by atoms with Crippen LogP contribution >= 0.6 is 23.1 Å². The fourth-order valence-corrected chi connectivity index (χ4v) is 6.12. The lowest BCUT2D eigenvalue weighted by molar-refractivity contribution is -0.144. The smallest absolute Gasteiger partial charge is 0.416 e. The summed E-state index contributed by atoms with van der Waals surface area (Å²) in [6, 6.07) is 2.25. The summed E-state index contributed by atoms with van der Waals surface area (Å²) >= 11 is 1.49. The van der Waals surface area contributed by atoms with Crippen molar-refractivity contribution in [3.63, 3.8) is 0 Å². The second-order valence-electron chi connectivity index (χ2n) is 9.25. The summed E-state index contributed by atoms with van der Waals surface area (Å²) in [7, 11) is 0. The van der Waals surface area contributed by atoms with Crippen LogP contribution in [-0.4, -0.2) is 45.6 Å². The third-order valence-electron chi connectivity index (χ3n) is 6.43. The van der Waals surface area contributed by atoms with Crippen molar-refractivity contribution in [3.05, 3.63) is 50.6 Å². The minimum absolute atomic E-state index is 0.0317. The fraction of sp³-hybridized carbons (Fsp3) is 0.360. The SMILES string of the molecule is O=C(CN1C(=O)SC(=Cc2cc(-c3cc(C(F)(F)F)cc(C(F)(F)F)c3)cs2)C1=O)NC1CCC(C(=O)O)CC1. The maximum atomic E-state index is 13.2. The first kappa shape index (κ1) is 29.6. The van der Waals surface area contributed by atoms with E-state index in [1.54, 1.807) is 0 Å². The molecule has 0 bridgehead atoms. The first-order valence-corrected chi connectivity index (χ1v) is 13.5. The molecule has 1 saturated heterocycles. The number of hydrogen-bond acceptors (Lipinski definition) is 6. The van der Waals surface area contributed by atoms with Crippen LogP contribution in [0.25, 0.3) is 17.2 Å². The number of thioether (sulfide) groups is 1. The molecule has 3 amide bonds. The molecule has 2 N–H and O–H groups in total. The zero-order valence-corrected chi connectivity index (χ0v) is 21.9. The third kappa shape index (κ3) is 6.86. The van der Waals surface area contributed by atoms with Gasteiger partial charge in [-0.05, 0) is 84.3 Å². The Morgan fingerprint density at radius 3 is 2.10 bits per heavy atom. The number of amides is 3. The first-order chi connectivity index (χ1) is 18.6. The van der Waals surface area contributed by atoms with Crippen molar-refractivity contribution in [1.82, 2.24) is 10.2 Å². The molecule has 2 fully saturated rings. The minimum Gasteiger partial charge on any atom is -0.481 e. The van der Waals surface area contributed by atoms with Gasteiger partial charge in [0.05, 0.1) is 21.9 Å². The molecule has 15 heteroatoms. The normalized spacial score (nSPS) is 21.2. The molecule has 1 aliphatic heterocycles. The van der Waals surface area contributed by atoms with E-state index in [0.717, 1.165) is 16.2 Å². The molecule has 0 radical (unpaired) electrons. The Kier molecular flexibility index (Phi) is 8.36. The Bertz CT molecular complexity index is 1340. The molecule has 1 aromatic carbocycles. The van der Waals surface area contributed by atoms with E-state index in [1.807, 2.05) is 0 Å². The summed E-state index contributed by atoms with van der Waals surface area (Å²) < 4.78 is 79.3. The molecule has 40 heavy (non-hydrogen) atoms. The van der Waals surface area contributed by atoms with Gasteiger partial charge in [-0.25, -0.2) is 0 Å². The van der Waals surface area contributed by atoms with Crippen molar-refractivity contribution in [3.8, 4) is 11.1 Å². The molecule has 2 heterocycles. The highest BCUT2D eigenvalue weighted by molar-refractivity contribution is 8.18. The molecule has 0 atom stereocenters. The van der Waals surface area contributed by atoms with Crippen LogP contribution < -0.4 is 5.32 Å². The van der Waals surface area contributed by atoms with E-state index >= 15 is 0 Å². The standard InChI is InChI=1S/C25H20F6N2O5S2/c26-24(27,28)15-5-13(6-16(8-15)25(29,30)31)14-7-18(39-11-14)9-19-21(35)33(23(38)40-19)10-20(34)32-17-3-1-12(2-4-17)22(36)37/h5-9,11-12,17H,1-4,10H2,(H,32,34)(H,36,37). The molecule has 2 aromatic rings. The summed E-state index contributed by atoms with van der Waals surface area (Å²) in [5.41, 5.74) is -3.18. The van der Waals surface area contributed by atoms with Gasteiger partial charge in [0.2, 0.25) is 5.91 Å². The monoisotopic (exact) mass is 606 g/mol. The number of carbonyl (C=O) groups excluding carboxylic acids is 3. The number of halogens is 6. The highest BCUT2D eigenvalue weighted by Crippen LogP contribution is 2.40. The number of imide groups is 1. The highest BCUT2D eigenvalue weighted by atomic mass is 32.2. The number of aliphatic carboxylic acids is 1. The average molecular weight is 607 g/mol. The van der Waals surface area contributed by atoms with Crippen molar-refractivity contribution in [1.29, 1.82) is 0 Å². The van der Waals surface area contributed by atoms with Crippen LogP contribution in [-0.2, 0) is 26.7 Å². The van der Waals surface area contributed by atoms with Gasteiger partial charge in [-0.1, -0.05) is 0 Å². The van der Waals surface area contributed by atoms with E-state index in [2.05, 4.69) is 5.32 Å². The van der Waals surface area contributed by atoms with E-state index in [9.17, 15) is 45.5 Å². The van der Waals surface area contributed by atoms with Crippen LogP contribution in [0.2, 0.25) is 0 Å². The van der Waals surface area contributed by atoms with Gasteiger partial charge in [0.15, 0.2) is 0 Å². The van der Waals surface area contributed by atoms with Crippen molar-refractivity contribution < 1.29 is 50.6 Å². The van der Waals surface area contributed by atoms with Gasteiger partial charge in [0, 0.05) is 10.9 Å². The number of benzene rings is 1. The van der Waals surface area contributed by atoms with E-state index in [-0.39, 0.29) is 28.1 Å². The van der Waals surface area contributed by atoms with Crippen molar-refractivity contribution in [2.24, 2.45) is 5.92 Å². The lowest BCUT2D eigenvalue weighted by Crippen LogP contribution is -2.45.